The summed E-state index contributed by atoms with van der Waals surface area (Å²) < 4.78 is 22.1. The first-order valence-corrected chi connectivity index (χ1v) is 12.1. The van der Waals surface area contributed by atoms with Crippen LogP contribution in [0.3, 0.4) is 0 Å². The summed E-state index contributed by atoms with van der Waals surface area (Å²) in [5.41, 5.74) is 0.384. The Labute approximate surface area is 195 Å². The quantitative estimate of drug-likeness (QED) is 0.628. The van der Waals surface area contributed by atoms with Crippen LogP contribution >= 0.6 is 0 Å². The second-order valence-electron chi connectivity index (χ2n) is 9.79. The van der Waals surface area contributed by atoms with Crippen LogP contribution in [-0.2, 0) is 9.53 Å². The van der Waals surface area contributed by atoms with Crippen molar-refractivity contribution in [3.8, 4) is 17.2 Å². The Bertz CT molecular complexity index is 895. The zero-order valence-corrected chi connectivity index (χ0v) is 19.7. The van der Waals surface area contributed by atoms with E-state index < -0.39 is 0 Å². The van der Waals surface area contributed by atoms with Gasteiger partial charge in [-0.1, -0.05) is 0 Å². The van der Waals surface area contributed by atoms with Gasteiger partial charge in [0.2, 0.25) is 11.7 Å². The predicted molar refractivity (Wildman–Crippen MR) is 121 cm³/mol. The van der Waals surface area contributed by atoms with Gasteiger partial charge in [0.25, 0.3) is 0 Å². The van der Waals surface area contributed by atoms with E-state index in [1.807, 2.05) is 0 Å². The first-order chi connectivity index (χ1) is 16.0. The number of rotatable bonds is 5. The van der Waals surface area contributed by atoms with Crippen molar-refractivity contribution < 1.29 is 28.5 Å². The molecule has 4 heterocycles. The van der Waals surface area contributed by atoms with E-state index in [9.17, 15) is 9.59 Å². The number of amides is 1. The van der Waals surface area contributed by atoms with Crippen LogP contribution in [0.4, 0.5) is 0 Å². The van der Waals surface area contributed by atoms with Crippen molar-refractivity contribution in [3.63, 3.8) is 0 Å². The molecule has 4 aliphatic rings. The van der Waals surface area contributed by atoms with Gasteiger partial charge in [0.15, 0.2) is 11.5 Å². The van der Waals surface area contributed by atoms with Crippen molar-refractivity contribution in [2.75, 3.05) is 41.0 Å². The van der Waals surface area contributed by atoms with E-state index in [1.165, 1.54) is 27.8 Å². The van der Waals surface area contributed by atoms with E-state index in [1.54, 1.807) is 12.1 Å². The number of piperidine rings is 4. The van der Waals surface area contributed by atoms with E-state index in [2.05, 4.69) is 9.80 Å². The topological polar surface area (TPSA) is 77.5 Å². The normalized spacial score (nSPS) is 31.3. The summed E-state index contributed by atoms with van der Waals surface area (Å²) in [5, 5.41) is 0. The van der Waals surface area contributed by atoms with Crippen LogP contribution in [-0.4, -0.2) is 80.8 Å². The minimum Gasteiger partial charge on any atom is -0.493 e. The molecule has 2 bridgehead atoms. The van der Waals surface area contributed by atoms with E-state index in [0.29, 0.717) is 59.1 Å². The number of methoxy groups -OCH3 is 3. The van der Waals surface area contributed by atoms with Crippen molar-refractivity contribution >= 4 is 11.9 Å². The fraction of sp³-hybridized carbons (Fsp3) is 0.680. The number of hydrogen-bond donors (Lipinski definition) is 0. The molecule has 0 aromatic heterocycles. The molecule has 1 aromatic carbocycles. The number of benzene rings is 1. The third-order valence-corrected chi connectivity index (χ3v) is 8.09. The molecule has 0 N–H and O–H groups in total. The van der Waals surface area contributed by atoms with Crippen LogP contribution in [0.25, 0.3) is 0 Å². The summed E-state index contributed by atoms with van der Waals surface area (Å²) in [4.78, 5) is 30.3. The standard InChI is InChI=1S/C25H34N2O6/c1-30-21-10-15(11-22(31-2)24(21)32-3)25(29)33-18-7-8-26-13-16-9-17(20(26)12-18)14-27-19(16)5-4-6-23(27)28/h10-11,16-20H,4-9,12-14H2,1-3H3. The Morgan fingerprint density at radius 1 is 0.939 bits per heavy atom. The number of fused-ring (bicyclic) bond motifs is 6. The molecule has 8 heteroatoms. The van der Waals surface area contributed by atoms with Gasteiger partial charge in [0.05, 0.1) is 26.9 Å². The average molecular weight is 459 g/mol. The van der Waals surface area contributed by atoms with Crippen LogP contribution in [0, 0.1) is 11.8 Å². The molecule has 4 fully saturated rings. The van der Waals surface area contributed by atoms with E-state index in [-0.39, 0.29) is 12.1 Å². The molecule has 0 spiro atoms. The van der Waals surface area contributed by atoms with Crippen LogP contribution in [0.2, 0.25) is 0 Å². The Morgan fingerprint density at radius 3 is 2.36 bits per heavy atom. The molecule has 5 atom stereocenters. The summed E-state index contributed by atoms with van der Waals surface area (Å²) in [6.45, 7) is 2.85. The second kappa shape index (κ2) is 9.05. The largest absolute Gasteiger partial charge is 0.493 e. The maximum Gasteiger partial charge on any atom is 0.338 e. The van der Waals surface area contributed by atoms with Crippen molar-refractivity contribution in [3.05, 3.63) is 17.7 Å². The van der Waals surface area contributed by atoms with Crippen molar-refractivity contribution in [2.24, 2.45) is 11.8 Å². The summed E-state index contributed by atoms with van der Waals surface area (Å²) in [6, 6.07) is 4.06. The summed E-state index contributed by atoms with van der Waals surface area (Å²) in [6.07, 6.45) is 5.58. The smallest absolute Gasteiger partial charge is 0.338 e. The average Bonchev–Trinajstić information content (AvgIpc) is 2.84. The molecule has 5 rings (SSSR count). The molecule has 33 heavy (non-hydrogen) atoms. The van der Waals surface area contributed by atoms with Crippen molar-refractivity contribution in [2.45, 2.75) is 56.7 Å². The Kier molecular flexibility index (Phi) is 6.12. The van der Waals surface area contributed by atoms with E-state index >= 15 is 0 Å². The summed E-state index contributed by atoms with van der Waals surface area (Å²) >= 11 is 0. The lowest BCUT2D eigenvalue weighted by atomic mass is 9.70. The highest BCUT2D eigenvalue weighted by Gasteiger charge is 2.49. The highest BCUT2D eigenvalue weighted by atomic mass is 16.5. The van der Waals surface area contributed by atoms with Gasteiger partial charge in [-0.2, -0.15) is 0 Å². The molecule has 4 aliphatic heterocycles. The molecular weight excluding hydrogens is 424 g/mol. The minimum absolute atomic E-state index is 0.135. The van der Waals surface area contributed by atoms with E-state index in [4.69, 9.17) is 18.9 Å². The van der Waals surface area contributed by atoms with Gasteiger partial charge in [-0.05, 0) is 49.7 Å². The van der Waals surface area contributed by atoms with Crippen LogP contribution < -0.4 is 14.2 Å². The van der Waals surface area contributed by atoms with Crippen LogP contribution in [0.15, 0.2) is 12.1 Å². The number of esters is 1. The highest BCUT2D eigenvalue weighted by Crippen LogP contribution is 2.44. The molecular formula is C25H34N2O6. The van der Waals surface area contributed by atoms with Gasteiger partial charge in [-0.3, -0.25) is 9.69 Å². The number of carbonyl (C=O) groups excluding carboxylic acids is 2. The molecule has 0 saturated carbocycles. The van der Waals surface area contributed by atoms with Crippen molar-refractivity contribution in [1.29, 1.82) is 0 Å². The summed E-state index contributed by atoms with van der Waals surface area (Å²) in [7, 11) is 4.59. The molecule has 180 valence electrons. The Morgan fingerprint density at radius 2 is 1.67 bits per heavy atom. The second-order valence-corrected chi connectivity index (χ2v) is 9.79. The Hall–Kier alpha value is -2.48. The number of nitrogens with zero attached hydrogens (tertiary/aromatic N) is 2. The van der Waals surface area contributed by atoms with Crippen LogP contribution in [0.1, 0.15) is 48.9 Å². The minimum atomic E-state index is -0.378. The van der Waals surface area contributed by atoms with Crippen LogP contribution in [0.5, 0.6) is 17.2 Å². The fourth-order valence-corrected chi connectivity index (χ4v) is 6.58. The van der Waals surface area contributed by atoms with Gasteiger partial charge in [0, 0.05) is 44.6 Å². The first-order valence-electron chi connectivity index (χ1n) is 12.1. The molecule has 5 unspecified atom stereocenters. The molecule has 1 aromatic rings. The third kappa shape index (κ3) is 4.03. The fourth-order valence-electron chi connectivity index (χ4n) is 6.58. The number of carbonyl (C=O) groups is 2. The number of hydrogen-bond acceptors (Lipinski definition) is 7. The zero-order chi connectivity index (χ0) is 23.1. The summed E-state index contributed by atoms with van der Waals surface area (Å²) in [5.74, 6) is 2.31. The monoisotopic (exact) mass is 458 g/mol. The Balaban J connectivity index is 1.28. The van der Waals surface area contributed by atoms with Gasteiger partial charge in [0.1, 0.15) is 6.10 Å². The molecule has 4 saturated heterocycles. The lowest BCUT2D eigenvalue weighted by molar-refractivity contribution is -0.150. The predicted octanol–water partition coefficient (Wildman–Crippen LogP) is 2.73. The van der Waals surface area contributed by atoms with Gasteiger partial charge < -0.3 is 23.8 Å². The molecule has 0 aliphatic carbocycles. The molecule has 8 nitrogen and oxygen atoms in total. The van der Waals surface area contributed by atoms with Gasteiger partial charge >= 0.3 is 5.97 Å². The number of ether oxygens (including phenoxy) is 4. The van der Waals surface area contributed by atoms with Gasteiger partial charge in [-0.15, -0.1) is 0 Å². The molecule has 0 radical (unpaired) electrons. The SMILES string of the molecule is COc1cc(C(=O)OC2CCN3CC4CC(CN5C(=O)CCCC45)C3C2)cc(OC)c1OC. The maximum atomic E-state index is 13.0. The zero-order valence-electron chi connectivity index (χ0n) is 19.7. The highest BCUT2D eigenvalue weighted by molar-refractivity contribution is 5.91. The van der Waals surface area contributed by atoms with Gasteiger partial charge in [-0.25, -0.2) is 4.79 Å². The van der Waals surface area contributed by atoms with Crippen molar-refractivity contribution in [1.82, 2.24) is 9.80 Å². The lowest BCUT2D eigenvalue weighted by Crippen LogP contribution is -2.65. The maximum absolute atomic E-state index is 13.0. The third-order valence-electron chi connectivity index (χ3n) is 8.09. The first kappa shape index (κ1) is 22.3. The van der Waals surface area contributed by atoms with E-state index in [0.717, 1.165) is 45.3 Å². The lowest BCUT2D eigenvalue weighted by Gasteiger charge is -2.57. The molecule has 1 amide bonds.